The third-order valence-corrected chi connectivity index (χ3v) is 11.0. The average molecular weight is 454 g/mol. The van der Waals surface area contributed by atoms with Gasteiger partial charge in [-0.1, -0.05) is 127 Å². The van der Waals surface area contributed by atoms with Gasteiger partial charge in [-0.25, -0.2) is 0 Å². The summed E-state index contributed by atoms with van der Waals surface area (Å²) in [7, 11) is -0.798. The van der Waals surface area contributed by atoms with E-state index in [2.05, 4.69) is 130 Å². The van der Waals surface area contributed by atoms with Crippen LogP contribution in [0.15, 0.2) is 108 Å². The molecule has 2 unspecified atom stereocenters. The lowest BCUT2D eigenvalue weighted by atomic mass is 9.97. The van der Waals surface area contributed by atoms with E-state index < -0.39 is 8.80 Å². The number of fused-ring (bicyclic) bond motifs is 2. The Kier molecular flexibility index (Phi) is 5.23. The van der Waals surface area contributed by atoms with Crippen molar-refractivity contribution in [1.82, 2.24) is 0 Å². The molecule has 0 heterocycles. The fraction of sp³-hybridized carbons (Fsp3) is 0.152. The molecule has 0 fully saturated rings. The first kappa shape index (κ1) is 21.1. The maximum Gasteiger partial charge on any atom is 0.0717 e. The Morgan fingerprint density at radius 2 is 0.912 bits per heavy atom. The molecule has 0 bridgehead atoms. The summed E-state index contributed by atoms with van der Waals surface area (Å²) in [5.41, 5.74) is 15.4. The van der Waals surface area contributed by atoms with Crippen molar-refractivity contribution in [3.05, 3.63) is 130 Å². The molecule has 4 aromatic rings. The summed E-state index contributed by atoms with van der Waals surface area (Å²) in [5, 5.41) is 0. The van der Waals surface area contributed by atoms with Crippen LogP contribution in [0.25, 0.3) is 34.4 Å². The number of hydrogen-bond donors (Lipinski definition) is 0. The van der Waals surface area contributed by atoms with Gasteiger partial charge in [0.2, 0.25) is 0 Å². The first-order chi connectivity index (χ1) is 16.6. The van der Waals surface area contributed by atoms with E-state index in [0.29, 0.717) is 11.1 Å². The highest BCUT2D eigenvalue weighted by atomic mass is 28.3. The summed E-state index contributed by atoms with van der Waals surface area (Å²) >= 11 is 0. The monoisotopic (exact) mass is 453 g/mol. The van der Waals surface area contributed by atoms with Gasteiger partial charge in [0.15, 0.2) is 0 Å². The molecule has 0 aliphatic heterocycles. The molecule has 1 heteroatoms. The summed E-state index contributed by atoms with van der Waals surface area (Å²) in [4.78, 5) is 0. The molecule has 2 atom stereocenters. The molecule has 34 heavy (non-hydrogen) atoms. The Morgan fingerprint density at radius 3 is 1.32 bits per heavy atom. The second-order valence-electron chi connectivity index (χ2n) is 9.74. The van der Waals surface area contributed by atoms with Gasteiger partial charge in [-0.15, -0.1) is 0 Å². The zero-order chi connectivity index (χ0) is 23.2. The Bertz CT molecular complexity index is 1320. The van der Waals surface area contributed by atoms with E-state index in [9.17, 15) is 0 Å². The highest BCUT2D eigenvalue weighted by Gasteiger charge is 2.38. The van der Waals surface area contributed by atoms with E-state index in [0.717, 1.165) is 0 Å². The van der Waals surface area contributed by atoms with Crippen molar-refractivity contribution in [3.63, 3.8) is 0 Å². The summed E-state index contributed by atoms with van der Waals surface area (Å²) in [5.74, 6) is 0. The highest BCUT2D eigenvalue weighted by Crippen LogP contribution is 2.49. The van der Waals surface area contributed by atoms with Gasteiger partial charge >= 0.3 is 0 Å². The minimum atomic E-state index is -0.798. The molecule has 4 aromatic carbocycles. The molecule has 0 saturated heterocycles. The van der Waals surface area contributed by atoms with Gasteiger partial charge < -0.3 is 0 Å². The third kappa shape index (κ3) is 3.35. The van der Waals surface area contributed by atoms with Gasteiger partial charge in [0.1, 0.15) is 0 Å². The predicted molar refractivity (Wildman–Crippen MR) is 148 cm³/mol. The summed E-state index contributed by atoms with van der Waals surface area (Å²) in [6.07, 6.45) is 4.93. The highest BCUT2D eigenvalue weighted by molar-refractivity contribution is 6.63. The Morgan fingerprint density at radius 1 is 0.500 bits per heavy atom. The van der Waals surface area contributed by atoms with Crippen LogP contribution >= 0.6 is 0 Å². The largest absolute Gasteiger partial charge is 0.0717 e. The van der Waals surface area contributed by atoms with Gasteiger partial charge in [0.25, 0.3) is 0 Å². The van der Waals surface area contributed by atoms with E-state index in [1.54, 1.807) is 0 Å². The number of hydrogen-bond acceptors (Lipinski definition) is 0. The van der Waals surface area contributed by atoms with Crippen LogP contribution in [0.1, 0.15) is 47.2 Å². The van der Waals surface area contributed by atoms with E-state index in [1.165, 1.54) is 55.7 Å². The maximum atomic E-state index is 2.56. The smallest absolute Gasteiger partial charge is 0.0695 e. The summed E-state index contributed by atoms with van der Waals surface area (Å²) in [6, 6.07) is 35.5. The zero-order valence-corrected chi connectivity index (χ0v) is 21.0. The predicted octanol–water partition coefficient (Wildman–Crippen LogP) is 8.92. The molecule has 0 nitrogen and oxygen atoms in total. The SMILES string of the molecule is CC1=Cc2c(-c3ccccc3)cccc2C1[Si](C)C1C(C)=Cc2c(-c3ccccc3)cccc21. The molecule has 0 saturated carbocycles. The summed E-state index contributed by atoms with van der Waals surface area (Å²) < 4.78 is 0. The van der Waals surface area contributed by atoms with Crippen molar-refractivity contribution in [2.75, 3.05) is 0 Å². The van der Waals surface area contributed by atoms with Crippen LogP contribution in [0.3, 0.4) is 0 Å². The molecular weight excluding hydrogens is 424 g/mol. The van der Waals surface area contributed by atoms with Gasteiger partial charge in [0, 0.05) is 0 Å². The Labute approximate surface area is 204 Å². The lowest BCUT2D eigenvalue weighted by Crippen LogP contribution is -2.28. The van der Waals surface area contributed by atoms with E-state index in [-0.39, 0.29) is 0 Å². The minimum absolute atomic E-state index is 0.531. The molecule has 2 aliphatic rings. The minimum Gasteiger partial charge on any atom is -0.0695 e. The summed E-state index contributed by atoms with van der Waals surface area (Å²) in [6.45, 7) is 7.26. The first-order valence-corrected chi connectivity index (χ1v) is 14.4. The first-order valence-electron chi connectivity index (χ1n) is 12.2. The molecule has 1 radical (unpaired) electrons. The quantitative estimate of drug-likeness (QED) is 0.271. The Balaban J connectivity index is 1.41. The zero-order valence-electron chi connectivity index (χ0n) is 20.0. The van der Waals surface area contributed by atoms with Crippen LogP contribution in [0.2, 0.25) is 6.55 Å². The molecule has 0 N–H and O–H groups in total. The van der Waals surface area contributed by atoms with Gasteiger partial charge in [0.05, 0.1) is 8.80 Å². The van der Waals surface area contributed by atoms with Crippen LogP contribution in [0.5, 0.6) is 0 Å². The molecule has 0 amide bonds. The van der Waals surface area contributed by atoms with E-state index in [1.807, 2.05) is 0 Å². The van der Waals surface area contributed by atoms with Crippen LogP contribution in [-0.4, -0.2) is 8.80 Å². The topological polar surface area (TPSA) is 0 Å². The van der Waals surface area contributed by atoms with Crippen LogP contribution in [0.4, 0.5) is 0 Å². The van der Waals surface area contributed by atoms with Crippen LogP contribution in [-0.2, 0) is 0 Å². The second-order valence-corrected chi connectivity index (χ2v) is 12.4. The number of allylic oxidation sites excluding steroid dienone is 2. The van der Waals surface area contributed by atoms with Crippen molar-refractivity contribution < 1.29 is 0 Å². The molecule has 2 aliphatic carbocycles. The van der Waals surface area contributed by atoms with Crippen molar-refractivity contribution in [2.24, 2.45) is 0 Å². The third-order valence-electron chi connectivity index (χ3n) is 7.64. The molecule has 0 aromatic heterocycles. The fourth-order valence-corrected chi connectivity index (χ4v) is 9.64. The standard InChI is InChI=1S/C33H29Si/c1-22-20-30-26(24-12-6-4-7-13-24)16-10-18-28(30)32(22)34(3)33-23(2)21-31-27(17-11-19-29(31)33)25-14-8-5-9-15-25/h4-21,32-33H,1-3H3. The lowest BCUT2D eigenvalue weighted by molar-refractivity contribution is 1.01. The maximum absolute atomic E-state index is 2.56. The van der Waals surface area contributed by atoms with Crippen molar-refractivity contribution in [2.45, 2.75) is 31.5 Å². The number of rotatable bonds is 4. The molecular formula is C33H29Si. The van der Waals surface area contributed by atoms with Gasteiger partial charge in [-0.2, -0.15) is 0 Å². The average Bonchev–Trinajstić information content (AvgIpc) is 3.39. The van der Waals surface area contributed by atoms with Crippen molar-refractivity contribution in [3.8, 4) is 22.3 Å². The van der Waals surface area contributed by atoms with Crippen LogP contribution < -0.4 is 0 Å². The normalized spacial score (nSPS) is 18.5. The Hall–Kier alpha value is -3.42. The fourth-order valence-electron chi connectivity index (χ4n) is 6.22. The second kappa shape index (κ2) is 8.41. The van der Waals surface area contributed by atoms with Gasteiger partial charge in [-0.05, 0) is 69.4 Å². The molecule has 6 rings (SSSR count). The van der Waals surface area contributed by atoms with Crippen molar-refractivity contribution >= 4 is 20.9 Å². The van der Waals surface area contributed by atoms with E-state index in [4.69, 9.17) is 0 Å². The number of benzene rings is 4. The lowest BCUT2D eigenvalue weighted by Gasteiger charge is -2.29. The van der Waals surface area contributed by atoms with E-state index >= 15 is 0 Å². The van der Waals surface area contributed by atoms with Crippen LogP contribution in [0, 0.1) is 0 Å². The van der Waals surface area contributed by atoms with Gasteiger partial charge in [-0.3, -0.25) is 0 Å². The molecule has 165 valence electrons. The molecule has 0 spiro atoms. The van der Waals surface area contributed by atoms with Crippen molar-refractivity contribution in [1.29, 1.82) is 0 Å².